The van der Waals surface area contributed by atoms with Crippen molar-refractivity contribution in [1.29, 1.82) is 0 Å². The molecule has 2 fully saturated rings. The average Bonchev–Trinajstić information content (AvgIpc) is 3.72. The van der Waals surface area contributed by atoms with Crippen LogP contribution in [0.5, 0.6) is 0 Å². The highest BCUT2D eigenvalue weighted by Gasteiger charge is 2.61. The molecule has 14 heteroatoms. The molecule has 5 heterocycles. The van der Waals surface area contributed by atoms with E-state index < -0.39 is 47.7 Å². The van der Waals surface area contributed by atoms with Crippen LogP contribution in [0.2, 0.25) is 0 Å². The molecule has 0 saturated carbocycles. The van der Waals surface area contributed by atoms with Gasteiger partial charge in [0.25, 0.3) is 23.2 Å². The number of aromatic nitrogens is 2. The van der Waals surface area contributed by atoms with Gasteiger partial charge in [-0.05, 0) is 29.2 Å². The number of benzene rings is 2. The van der Waals surface area contributed by atoms with Gasteiger partial charge in [0.1, 0.15) is 11.8 Å². The van der Waals surface area contributed by atoms with Gasteiger partial charge in [-0.1, -0.05) is 46.7 Å². The summed E-state index contributed by atoms with van der Waals surface area (Å²) >= 11 is 0. The molecule has 2 aromatic carbocycles. The van der Waals surface area contributed by atoms with Crippen LogP contribution >= 0.6 is 0 Å². The van der Waals surface area contributed by atoms with Crippen molar-refractivity contribution in [3.63, 3.8) is 0 Å². The smallest absolute Gasteiger partial charge is 0.278 e. The maximum atomic E-state index is 13.3. The molecule has 4 aliphatic heterocycles. The number of amides is 4. The number of hydrogen-bond donors (Lipinski definition) is 0. The zero-order chi connectivity index (χ0) is 26.1. The summed E-state index contributed by atoms with van der Waals surface area (Å²) in [6.07, 6.45) is -2.58. The van der Waals surface area contributed by atoms with E-state index in [1.165, 1.54) is 0 Å². The molecule has 0 spiro atoms. The Labute approximate surface area is 211 Å². The third-order valence-corrected chi connectivity index (χ3v) is 6.75. The lowest BCUT2D eigenvalue weighted by molar-refractivity contribution is -0.803. The summed E-state index contributed by atoms with van der Waals surface area (Å²) in [7, 11) is 0. The van der Waals surface area contributed by atoms with Crippen LogP contribution in [0, 0.1) is 17.0 Å². The van der Waals surface area contributed by atoms with Gasteiger partial charge in [-0.3, -0.25) is 23.8 Å². The fraction of sp³-hybridized carbons (Fsp3) is 0.167. The molecular weight excluding hydrogens is 500 g/mol. The van der Waals surface area contributed by atoms with Crippen molar-refractivity contribution in [2.45, 2.75) is 12.2 Å². The molecular formula is C24H14N6O8. The first-order chi connectivity index (χ1) is 18.5. The standard InChI is InChI=1S/C24H14N6O8/c31-21-13-15(25-36-19(13)23(33)28(21)11-7-3-1-4-8-11)17-18(30(35)38-27-17)16-14-20(37-26-16)24(34)29(22(14)32)12-9-5-2-6-10-12/h1-10,13-14,19-20H. The SMILES string of the molecule is O=C1C2ON=C(c3no[n+]([O-])c3C3=NOC4C(=O)N(c5ccccc5)C(=O)C34)C2C(=O)N1c1ccccc1. The number of oxime groups is 2. The summed E-state index contributed by atoms with van der Waals surface area (Å²) in [5, 5.41) is 24.1. The molecule has 0 aliphatic carbocycles. The summed E-state index contributed by atoms with van der Waals surface area (Å²) in [4.78, 5) is 65.1. The Bertz CT molecular complexity index is 1600. The topological polar surface area (TPSA) is 171 Å². The molecule has 4 unspecified atom stereocenters. The lowest BCUT2D eigenvalue weighted by Crippen LogP contribution is -2.39. The molecule has 3 aromatic rings. The van der Waals surface area contributed by atoms with E-state index in [0.29, 0.717) is 11.4 Å². The summed E-state index contributed by atoms with van der Waals surface area (Å²) in [6.45, 7) is 0. The fourth-order valence-electron chi connectivity index (χ4n) is 5.04. The first-order valence-electron chi connectivity index (χ1n) is 11.4. The Morgan fingerprint density at radius 2 is 1.16 bits per heavy atom. The van der Waals surface area contributed by atoms with Crippen LogP contribution in [0.25, 0.3) is 0 Å². The molecule has 4 amide bonds. The van der Waals surface area contributed by atoms with E-state index in [-0.39, 0.29) is 27.7 Å². The summed E-state index contributed by atoms with van der Waals surface area (Å²) in [6, 6.07) is 16.5. The van der Waals surface area contributed by atoms with E-state index in [2.05, 4.69) is 15.5 Å². The number of hydrogen-bond acceptors (Lipinski definition) is 11. The normalized spacial score (nSPS) is 25.8. The predicted octanol–water partition coefficient (Wildman–Crippen LogP) is -0.107. The second kappa shape index (κ2) is 7.80. The molecule has 14 nitrogen and oxygen atoms in total. The molecule has 38 heavy (non-hydrogen) atoms. The minimum Gasteiger partial charge on any atom is -0.381 e. The van der Waals surface area contributed by atoms with Gasteiger partial charge in [-0.15, -0.1) is 0 Å². The largest absolute Gasteiger partial charge is 0.381 e. The number of carbonyl (C=O) groups is 4. The molecule has 1 aromatic heterocycles. The Morgan fingerprint density at radius 3 is 1.68 bits per heavy atom. The second-order valence-corrected chi connectivity index (χ2v) is 8.78. The number of rotatable bonds is 4. The van der Waals surface area contributed by atoms with Crippen LogP contribution in [-0.4, -0.2) is 52.4 Å². The Morgan fingerprint density at radius 1 is 0.684 bits per heavy atom. The minimum absolute atomic E-state index is 0.0189. The number of para-hydroxylation sites is 2. The van der Waals surface area contributed by atoms with Gasteiger partial charge in [-0.2, -0.15) is 0 Å². The second-order valence-electron chi connectivity index (χ2n) is 8.78. The van der Waals surface area contributed by atoms with Gasteiger partial charge in [0.15, 0.2) is 11.4 Å². The Balaban J connectivity index is 1.25. The highest BCUT2D eigenvalue weighted by molar-refractivity contribution is 6.35. The van der Waals surface area contributed by atoms with E-state index in [1.54, 1.807) is 60.7 Å². The zero-order valence-corrected chi connectivity index (χ0v) is 19.0. The maximum Gasteiger partial charge on any atom is 0.278 e. The average molecular weight is 514 g/mol. The van der Waals surface area contributed by atoms with Crippen molar-refractivity contribution in [1.82, 2.24) is 5.16 Å². The predicted molar refractivity (Wildman–Crippen MR) is 123 cm³/mol. The van der Waals surface area contributed by atoms with Gasteiger partial charge < -0.3 is 14.9 Å². The monoisotopic (exact) mass is 514 g/mol. The fourth-order valence-corrected chi connectivity index (χ4v) is 5.04. The molecule has 0 N–H and O–H groups in total. The lowest BCUT2D eigenvalue weighted by atomic mass is 9.91. The number of carbonyl (C=O) groups excluding carboxylic acids is 4. The molecule has 188 valence electrons. The van der Waals surface area contributed by atoms with Crippen LogP contribution in [0.1, 0.15) is 11.4 Å². The van der Waals surface area contributed by atoms with Crippen LogP contribution in [0.4, 0.5) is 11.4 Å². The van der Waals surface area contributed by atoms with Crippen molar-refractivity contribution >= 4 is 46.4 Å². The van der Waals surface area contributed by atoms with Crippen molar-refractivity contribution in [3.8, 4) is 0 Å². The van der Waals surface area contributed by atoms with Gasteiger partial charge in [0.2, 0.25) is 24.0 Å². The van der Waals surface area contributed by atoms with Gasteiger partial charge in [-0.25, -0.2) is 9.80 Å². The van der Waals surface area contributed by atoms with E-state index in [1.807, 2.05) is 0 Å². The van der Waals surface area contributed by atoms with Crippen molar-refractivity contribution in [2.75, 3.05) is 9.80 Å². The minimum atomic E-state index is -1.31. The Hall–Kier alpha value is -5.40. The van der Waals surface area contributed by atoms with Gasteiger partial charge >= 0.3 is 0 Å². The highest BCUT2D eigenvalue weighted by Crippen LogP contribution is 2.38. The molecule has 4 atom stereocenters. The first kappa shape index (κ1) is 21.8. The number of anilines is 2. The number of fused-ring (bicyclic) bond motifs is 2. The Kier molecular flexibility index (Phi) is 4.48. The van der Waals surface area contributed by atoms with Crippen LogP contribution in [0.3, 0.4) is 0 Å². The first-order valence-corrected chi connectivity index (χ1v) is 11.4. The summed E-state index contributed by atoms with van der Waals surface area (Å²) < 4.78 is 4.78. The maximum absolute atomic E-state index is 13.3. The molecule has 0 radical (unpaired) electrons. The van der Waals surface area contributed by atoms with E-state index in [0.717, 1.165) is 9.80 Å². The summed E-state index contributed by atoms with van der Waals surface area (Å²) in [5.41, 5.74) is -0.344. The van der Waals surface area contributed by atoms with Crippen molar-refractivity contribution < 1.29 is 38.4 Å². The molecule has 7 rings (SSSR count). The lowest BCUT2D eigenvalue weighted by Gasteiger charge is -2.15. The third-order valence-electron chi connectivity index (χ3n) is 6.75. The van der Waals surface area contributed by atoms with Crippen LogP contribution in [-0.2, 0) is 28.9 Å². The number of nitrogens with zero attached hydrogens (tertiary/aromatic N) is 6. The highest BCUT2D eigenvalue weighted by atomic mass is 16.8. The molecule has 4 aliphatic rings. The zero-order valence-electron chi connectivity index (χ0n) is 19.0. The molecule has 0 bridgehead atoms. The quantitative estimate of drug-likeness (QED) is 0.340. The van der Waals surface area contributed by atoms with Crippen molar-refractivity contribution in [2.24, 2.45) is 22.1 Å². The van der Waals surface area contributed by atoms with Crippen molar-refractivity contribution in [3.05, 3.63) is 77.3 Å². The van der Waals surface area contributed by atoms with Crippen LogP contribution in [0.15, 0.2) is 75.6 Å². The van der Waals surface area contributed by atoms with Crippen LogP contribution < -0.4 is 14.7 Å². The van der Waals surface area contributed by atoms with Gasteiger partial charge in [0.05, 0.1) is 11.4 Å². The molecule has 2 saturated heterocycles. The summed E-state index contributed by atoms with van der Waals surface area (Å²) in [5.74, 6) is -5.11. The van der Waals surface area contributed by atoms with E-state index in [4.69, 9.17) is 14.3 Å². The number of imide groups is 2. The van der Waals surface area contributed by atoms with Gasteiger partial charge in [0, 0.05) is 5.16 Å². The third kappa shape index (κ3) is 2.81. The van der Waals surface area contributed by atoms with E-state index in [9.17, 15) is 24.4 Å². The van der Waals surface area contributed by atoms with E-state index >= 15 is 0 Å².